The highest BCUT2D eigenvalue weighted by molar-refractivity contribution is 7.21. The second-order valence-electron chi connectivity index (χ2n) is 6.58. The van der Waals surface area contributed by atoms with E-state index >= 15 is 0 Å². The molecule has 24 heavy (non-hydrogen) atoms. The maximum atomic E-state index is 12.5. The summed E-state index contributed by atoms with van der Waals surface area (Å²) in [6.07, 6.45) is 7.52. The zero-order chi connectivity index (χ0) is 16.4. The molecule has 6 nitrogen and oxygen atoms in total. The molecule has 128 valence electrons. The van der Waals surface area contributed by atoms with Crippen LogP contribution in [0.1, 0.15) is 32.1 Å². The molecule has 0 spiro atoms. The second kappa shape index (κ2) is 6.93. The van der Waals surface area contributed by atoms with Gasteiger partial charge in [-0.05, 0) is 31.4 Å². The highest BCUT2D eigenvalue weighted by atomic mass is 32.1. The van der Waals surface area contributed by atoms with Crippen LogP contribution in [0.3, 0.4) is 0 Å². The highest BCUT2D eigenvalue weighted by Gasteiger charge is 2.24. The van der Waals surface area contributed by atoms with Gasteiger partial charge in [-0.25, -0.2) is 14.8 Å². The van der Waals surface area contributed by atoms with Crippen LogP contribution < -0.4 is 10.2 Å². The first-order chi connectivity index (χ1) is 11.8. The molecule has 2 fully saturated rings. The fraction of sp³-hybridized carbons (Fsp3) is 0.588. The van der Waals surface area contributed by atoms with Crippen molar-refractivity contribution in [3.05, 3.63) is 18.3 Å². The molecular weight excluding hydrogens is 322 g/mol. The maximum Gasteiger partial charge on any atom is 0.317 e. The number of pyridine rings is 1. The van der Waals surface area contributed by atoms with Crippen LogP contribution in [0, 0.1) is 0 Å². The van der Waals surface area contributed by atoms with Crippen LogP contribution in [0.5, 0.6) is 0 Å². The number of fused-ring (bicyclic) bond motifs is 1. The molecular formula is C17H23N5OS. The first-order valence-corrected chi connectivity index (χ1v) is 9.63. The Morgan fingerprint density at radius 2 is 2.04 bits per heavy atom. The molecule has 0 radical (unpaired) electrons. The number of hydrogen-bond donors (Lipinski definition) is 1. The quantitative estimate of drug-likeness (QED) is 0.909. The number of carbonyl (C=O) groups is 1. The van der Waals surface area contributed by atoms with Gasteiger partial charge in [-0.3, -0.25) is 0 Å². The lowest BCUT2D eigenvalue weighted by molar-refractivity contribution is 0.197. The van der Waals surface area contributed by atoms with Crippen molar-refractivity contribution in [1.82, 2.24) is 20.2 Å². The van der Waals surface area contributed by atoms with E-state index in [1.165, 1.54) is 12.8 Å². The number of urea groups is 1. The number of nitrogens with zero attached hydrogens (tertiary/aromatic N) is 4. The Morgan fingerprint density at radius 1 is 1.17 bits per heavy atom. The average Bonchev–Trinajstić information content (AvgIpc) is 3.18. The van der Waals surface area contributed by atoms with Gasteiger partial charge in [-0.2, -0.15) is 0 Å². The molecule has 1 aliphatic heterocycles. The van der Waals surface area contributed by atoms with Crippen molar-refractivity contribution in [3.8, 4) is 0 Å². The average molecular weight is 345 g/mol. The molecule has 2 amide bonds. The van der Waals surface area contributed by atoms with E-state index in [0.29, 0.717) is 6.04 Å². The highest BCUT2D eigenvalue weighted by Crippen LogP contribution is 2.27. The lowest BCUT2D eigenvalue weighted by atomic mass is 10.2. The van der Waals surface area contributed by atoms with Crippen LogP contribution in [0.15, 0.2) is 18.3 Å². The van der Waals surface area contributed by atoms with Crippen LogP contribution in [0.25, 0.3) is 10.3 Å². The van der Waals surface area contributed by atoms with Gasteiger partial charge in [0, 0.05) is 38.4 Å². The van der Waals surface area contributed by atoms with Gasteiger partial charge in [-0.1, -0.05) is 24.2 Å². The van der Waals surface area contributed by atoms with Gasteiger partial charge in [0.05, 0.1) is 0 Å². The summed E-state index contributed by atoms with van der Waals surface area (Å²) >= 11 is 1.63. The third kappa shape index (κ3) is 3.31. The molecule has 1 saturated heterocycles. The minimum Gasteiger partial charge on any atom is -0.346 e. The number of nitrogens with one attached hydrogen (secondary N) is 1. The number of anilines is 1. The number of thiazole rings is 1. The molecule has 1 aliphatic carbocycles. The maximum absolute atomic E-state index is 12.5. The standard InChI is InChI=1S/C17H23N5OS/c23-16(19-13-5-1-2-6-13)21-9-4-10-22(12-11-21)17-20-14-7-3-8-18-15(14)24-17/h3,7-8,13H,1-2,4-6,9-12H2,(H,19,23). The van der Waals surface area contributed by atoms with Gasteiger partial charge in [0.2, 0.25) is 0 Å². The van der Waals surface area contributed by atoms with E-state index in [4.69, 9.17) is 4.98 Å². The van der Waals surface area contributed by atoms with E-state index in [-0.39, 0.29) is 6.03 Å². The third-order valence-corrected chi connectivity index (χ3v) is 5.93. The van der Waals surface area contributed by atoms with Gasteiger partial charge in [-0.15, -0.1) is 0 Å². The number of carbonyl (C=O) groups excluding carboxylic acids is 1. The summed E-state index contributed by atoms with van der Waals surface area (Å²) in [5.41, 5.74) is 0.956. The number of hydrogen-bond acceptors (Lipinski definition) is 5. The van der Waals surface area contributed by atoms with Crippen LogP contribution in [-0.4, -0.2) is 53.1 Å². The number of aromatic nitrogens is 2. The molecule has 0 unspecified atom stereocenters. The van der Waals surface area contributed by atoms with E-state index in [0.717, 1.165) is 60.9 Å². The largest absolute Gasteiger partial charge is 0.346 e. The van der Waals surface area contributed by atoms with Crippen molar-refractivity contribution >= 4 is 32.8 Å². The van der Waals surface area contributed by atoms with Crippen molar-refractivity contribution in [3.63, 3.8) is 0 Å². The van der Waals surface area contributed by atoms with Crippen LogP contribution >= 0.6 is 11.3 Å². The van der Waals surface area contributed by atoms with Crippen LogP contribution in [0.2, 0.25) is 0 Å². The predicted molar refractivity (Wildman–Crippen MR) is 96.6 cm³/mol. The molecule has 1 N–H and O–H groups in total. The zero-order valence-electron chi connectivity index (χ0n) is 13.8. The van der Waals surface area contributed by atoms with Crippen molar-refractivity contribution in [1.29, 1.82) is 0 Å². The molecule has 1 saturated carbocycles. The van der Waals surface area contributed by atoms with Gasteiger partial charge in [0.25, 0.3) is 0 Å². The summed E-state index contributed by atoms with van der Waals surface area (Å²) in [4.78, 5) is 26.8. The Kier molecular flexibility index (Phi) is 4.51. The Balaban J connectivity index is 1.39. The summed E-state index contributed by atoms with van der Waals surface area (Å²) in [7, 11) is 0. The number of rotatable bonds is 2. The molecule has 7 heteroatoms. The first kappa shape index (κ1) is 15.6. The smallest absolute Gasteiger partial charge is 0.317 e. The summed E-state index contributed by atoms with van der Waals surface area (Å²) in [6, 6.07) is 4.41. The number of amides is 2. The Bertz CT molecular complexity index is 679. The topological polar surface area (TPSA) is 61.4 Å². The zero-order valence-corrected chi connectivity index (χ0v) is 14.6. The molecule has 0 bridgehead atoms. The van der Waals surface area contributed by atoms with Gasteiger partial charge < -0.3 is 15.1 Å². The molecule has 4 rings (SSSR count). The predicted octanol–water partition coefficient (Wildman–Crippen LogP) is 2.86. The molecule has 2 aliphatic rings. The van der Waals surface area contributed by atoms with E-state index in [1.807, 2.05) is 23.2 Å². The van der Waals surface area contributed by atoms with E-state index in [1.54, 1.807) is 11.3 Å². The normalized spacial score (nSPS) is 19.7. The molecule has 0 atom stereocenters. The van der Waals surface area contributed by atoms with Gasteiger partial charge in [0.1, 0.15) is 10.3 Å². The summed E-state index contributed by atoms with van der Waals surface area (Å²) in [5.74, 6) is 0. The van der Waals surface area contributed by atoms with Crippen molar-refractivity contribution < 1.29 is 4.79 Å². The Labute approximate surface area is 145 Å². The molecule has 2 aromatic heterocycles. The van der Waals surface area contributed by atoms with Crippen molar-refractivity contribution in [2.75, 3.05) is 31.1 Å². The SMILES string of the molecule is O=C(NC1CCCC1)N1CCCN(c2nc3cccnc3s2)CC1. The van der Waals surface area contributed by atoms with E-state index < -0.39 is 0 Å². The fourth-order valence-corrected chi connectivity index (χ4v) is 4.50. The van der Waals surface area contributed by atoms with Gasteiger partial charge >= 0.3 is 6.03 Å². The fourth-order valence-electron chi connectivity index (χ4n) is 3.54. The third-order valence-electron chi connectivity index (χ3n) is 4.89. The van der Waals surface area contributed by atoms with E-state index in [2.05, 4.69) is 15.2 Å². The Hall–Kier alpha value is -1.89. The summed E-state index contributed by atoms with van der Waals surface area (Å²) in [5, 5.41) is 4.21. The summed E-state index contributed by atoms with van der Waals surface area (Å²) in [6.45, 7) is 3.34. The molecule has 2 aromatic rings. The van der Waals surface area contributed by atoms with E-state index in [9.17, 15) is 4.79 Å². The minimum atomic E-state index is 0.106. The monoisotopic (exact) mass is 345 g/mol. The summed E-state index contributed by atoms with van der Waals surface area (Å²) < 4.78 is 0. The van der Waals surface area contributed by atoms with Crippen molar-refractivity contribution in [2.24, 2.45) is 0 Å². The lowest BCUT2D eigenvalue weighted by Crippen LogP contribution is -2.45. The lowest BCUT2D eigenvalue weighted by Gasteiger charge is -2.24. The molecule has 3 heterocycles. The van der Waals surface area contributed by atoms with Crippen molar-refractivity contribution in [2.45, 2.75) is 38.1 Å². The minimum absolute atomic E-state index is 0.106. The van der Waals surface area contributed by atoms with Gasteiger partial charge in [0.15, 0.2) is 5.13 Å². The van der Waals surface area contributed by atoms with Crippen LogP contribution in [0.4, 0.5) is 9.93 Å². The molecule has 0 aromatic carbocycles. The second-order valence-corrected chi connectivity index (χ2v) is 7.54. The first-order valence-electron chi connectivity index (χ1n) is 8.81. The van der Waals surface area contributed by atoms with Crippen LogP contribution in [-0.2, 0) is 0 Å². The Morgan fingerprint density at radius 3 is 2.88 bits per heavy atom.